The van der Waals surface area contributed by atoms with Crippen molar-refractivity contribution in [2.24, 2.45) is 0 Å². The summed E-state index contributed by atoms with van der Waals surface area (Å²) in [5.74, 6) is -0.797. The van der Waals surface area contributed by atoms with E-state index in [4.69, 9.17) is 9.11 Å². The summed E-state index contributed by atoms with van der Waals surface area (Å²) >= 11 is 0. The predicted octanol–water partition coefficient (Wildman–Crippen LogP) is -0.630. The monoisotopic (exact) mass is 298 g/mol. The van der Waals surface area contributed by atoms with E-state index in [2.05, 4.69) is 5.43 Å². The Morgan fingerprint density at radius 3 is 2.17 bits per heavy atom. The van der Waals surface area contributed by atoms with Crippen molar-refractivity contribution in [2.75, 3.05) is 18.1 Å². The van der Waals surface area contributed by atoms with Gasteiger partial charge in [-0.3, -0.25) is 14.1 Å². The minimum Gasteiger partial charge on any atom is -0.306 e. The lowest BCUT2D eigenvalue weighted by atomic mass is 10.2. The number of allylic oxidation sites excluding steroid dienone is 2. The van der Waals surface area contributed by atoms with Crippen LogP contribution in [0, 0.1) is 0 Å². The summed E-state index contributed by atoms with van der Waals surface area (Å²) in [5.41, 5.74) is 3.36. The van der Waals surface area contributed by atoms with Gasteiger partial charge in [-0.15, -0.1) is 0 Å². The van der Waals surface area contributed by atoms with Crippen molar-refractivity contribution in [3.8, 4) is 0 Å². The Balaban J connectivity index is 2.40. The van der Waals surface area contributed by atoms with E-state index >= 15 is 0 Å². The largest absolute Gasteiger partial charge is 0.306 e. The van der Waals surface area contributed by atoms with Crippen LogP contribution >= 0.6 is 0 Å². The SMILES string of the molecule is O=S(=O)(O)CCC1=CNN(CCS(=O)(=O)O)C=C1. The van der Waals surface area contributed by atoms with Gasteiger partial charge in [0.05, 0.1) is 18.1 Å². The van der Waals surface area contributed by atoms with Gasteiger partial charge in [0.25, 0.3) is 20.2 Å². The highest BCUT2D eigenvalue weighted by molar-refractivity contribution is 7.86. The predicted molar refractivity (Wildman–Crippen MR) is 64.5 cm³/mol. The second-order valence-corrected chi connectivity index (χ2v) is 6.82. The van der Waals surface area contributed by atoms with E-state index in [-0.39, 0.29) is 18.7 Å². The fourth-order valence-corrected chi connectivity index (χ4v) is 2.12. The van der Waals surface area contributed by atoms with Crippen LogP contribution in [-0.4, -0.2) is 49.0 Å². The standard InChI is InChI=1S/C8H14N2O6S2/c11-17(12,13)5-2-8-1-3-10(9-7-8)4-6-18(14,15)16/h1,3,7,9H,2,4-6H2,(H,11,12,13)(H,14,15,16). The van der Waals surface area contributed by atoms with Gasteiger partial charge in [-0.25, -0.2) is 0 Å². The van der Waals surface area contributed by atoms with Crippen LogP contribution in [0.2, 0.25) is 0 Å². The molecule has 1 heterocycles. The average molecular weight is 298 g/mol. The first kappa shape index (κ1) is 15.0. The van der Waals surface area contributed by atoms with Crippen LogP contribution in [0.3, 0.4) is 0 Å². The molecule has 0 unspecified atom stereocenters. The van der Waals surface area contributed by atoms with E-state index < -0.39 is 26.0 Å². The van der Waals surface area contributed by atoms with Crippen LogP contribution in [-0.2, 0) is 20.2 Å². The summed E-state index contributed by atoms with van der Waals surface area (Å²) in [7, 11) is -8.01. The van der Waals surface area contributed by atoms with Gasteiger partial charge in [0.15, 0.2) is 0 Å². The lowest BCUT2D eigenvalue weighted by Gasteiger charge is -2.23. The summed E-state index contributed by atoms with van der Waals surface area (Å²) in [6.45, 7) is 0.0530. The number of nitrogens with one attached hydrogen (secondary N) is 1. The van der Waals surface area contributed by atoms with Gasteiger partial charge >= 0.3 is 0 Å². The second-order valence-electron chi connectivity index (χ2n) is 3.68. The molecule has 0 radical (unpaired) electrons. The molecule has 0 aliphatic carbocycles. The van der Waals surface area contributed by atoms with E-state index in [9.17, 15) is 16.8 Å². The third-order valence-electron chi connectivity index (χ3n) is 2.12. The van der Waals surface area contributed by atoms with Gasteiger partial charge in [-0.2, -0.15) is 16.8 Å². The number of rotatable bonds is 6. The zero-order chi connectivity index (χ0) is 13.8. The quantitative estimate of drug-likeness (QED) is 0.554. The van der Waals surface area contributed by atoms with E-state index in [0.717, 1.165) is 0 Å². The molecule has 0 atom stereocenters. The lowest BCUT2D eigenvalue weighted by Crippen LogP contribution is -2.35. The first-order valence-electron chi connectivity index (χ1n) is 4.96. The fourth-order valence-electron chi connectivity index (χ4n) is 1.20. The molecular weight excluding hydrogens is 284 g/mol. The number of hydrogen-bond donors (Lipinski definition) is 3. The molecule has 0 saturated carbocycles. The molecule has 1 aliphatic heterocycles. The van der Waals surface area contributed by atoms with E-state index in [1.54, 1.807) is 6.08 Å². The van der Waals surface area contributed by atoms with Crippen molar-refractivity contribution < 1.29 is 25.9 Å². The van der Waals surface area contributed by atoms with Crippen LogP contribution in [0.1, 0.15) is 6.42 Å². The summed E-state index contributed by atoms with van der Waals surface area (Å²) in [4.78, 5) is 0. The Bertz CT molecular complexity index is 548. The average Bonchev–Trinajstić information content (AvgIpc) is 2.23. The van der Waals surface area contributed by atoms with Gasteiger partial charge < -0.3 is 5.43 Å². The summed E-state index contributed by atoms with van der Waals surface area (Å²) < 4.78 is 59.2. The molecule has 1 rings (SSSR count). The van der Waals surface area contributed by atoms with Gasteiger partial charge in [-0.05, 0) is 18.1 Å². The van der Waals surface area contributed by atoms with E-state index in [1.165, 1.54) is 17.4 Å². The molecule has 3 N–H and O–H groups in total. The topological polar surface area (TPSA) is 124 Å². The van der Waals surface area contributed by atoms with E-state index in [0.29, 0.717) is 5.57 Å². The summed E-state index contributed by atoms with van der Waals surface area (Å²) in [6.07, 6.45) is 4.75. The molecule has 10 heteroatoms. The highest BCUT2D eigenvalue weighted by Crippen LogP contribution is 2.09. The number of nitrogens with zero attached hydrogens (tertiary/aromatic N) is 1. The van der Waals surface area contributed by atoms with Crippen LogP contribution in [0.4, 0.5) is 0 Å². The fraction of sp³-hybridized carbons (Fsp3) is 0.500. The Hall–Kier alpha value is -1.10. The lowest BCUT2D eigenvalue weighted by molar-refractivity contribution is 0.324. The molecule has 0 saturated heterocycles. The van der Waals surface area contributed by atoms with Crippen molar-refractivity contribution in [3.05, 3.63) is 24.0 Å². The molecule has 104 valence electrons. The summed E-state index contributed by atoms with van der Waals surface area (Å²) in [6, 6.07) is 0. The van der Waals surface area contributed by atoms with Gasteiger partial charge in [0, 0.05) is 12.4 Å². The third kappa shape index (κ3) is 6.59. The summed E-state index contributed by atoms with van der Waals surface area (Å²) in [5, 5.41) is 1.42. The third-order valence-corrected chi connectivity index (χ3v) is 3.54. The minimum absolute atomic E-state index is 0.0530. The Kier molecular flexibility index (Phi) is 4.73. The molecular formula is C8H14N2O6S2. The highest BCUT2D eigenvalue weighted by atomic mass is 32.2. The molecule has 18 heavy (non-hydrogen) atoms. The van der Waals surface area contributed by atoms with Crippen molar-refractivity contribution in [2.45, 2.75) is 6.42 Å². The molecule has 0 aromatic carbocycles. The van der Waals surface area contributed by atoms with Crippen molar-refractivity contribution in [3.63, 3.8) is 0 Å². The smallest absolute Gasteiger partial charge is 0.266 e. The molecule has 0 aromatic heterocycles. The van der Waals surface area contributed by atoms with Gasteiger partial charge in [0.1, 0.15) is 0 Å². The molecule has 8 nitrogen and oxygen atoms in total. The number of hydrogen-bond acceptors (Lipinski definition) is 6. The van der Waals surface area contributed by atoms with Crippen molar-refractivity contribution in [1.82, 2.24) is 10.4 Å². The normalized spacial score (nSPS) is 16.3. The first-order chi connectivity index (χ1) is 8.16. The zero-order valence-corrected chi connectivity index (χ0v) is 11.0. The van der Waals surface area contributed by atoms with Crippen LogP contribution in [0.15, 0.2) is 24.0 Å². The van der Waals surface area contributed by atoms with Crippen LogP contribution < -0.4 is 5.43 Å². The van der Waals surface area contributed by atoms with Crippen molar-refractivity contribution in [1.29, 1.82) is 0 Å². The highest BCUT2D eigenvalue weighted by Gasteiger charge is 2.11. The van der Waals surface area contributed by atoms with Crippen LogP contribution in [0.5, 0.6) is 0 Å². The Morgan fingerprint density at radius 1 is 1.11 bits per heavy atom. The van der Waals surface area contributed by atoms with Crippen molar-refractivity contribution >= 4 is 20.2 Å². The molecule has 0 amide bonds. The molecule has 0 fully saturated rings. The molecule has 0 spiro atoms. The first-order valence-corrected chi connectivity index (χ1v) is 8.18. The molecule has 0 bridgehead atoms. The maximum Gasteiger partial charge on any atom is 0.266 e. The second kappa shape index (κ2) is 5.69. The molecule has 1 aliphatic rings. The Labute approximate surface area is 105 Å². The number of hydrazine groups is 1. The van der Waals surface area contributed by atoms with E-state index in [1.807, 2.05) is 0 Å². The maximum absolute atomic E-state index is 10.5. The zero-order valence-electron chi connectivity index (χ0n) is 9.35. The maximum atomic E-state index is 10.5. The molecule has 0 aromatic rings. The van der Waals surface area contributed by atoms with Gasteiger partial charge in [0.2, 0.25) is 0 Å². The Morgan fingerprint density at radius 2 is 1.72 bits per heavy atom. The van der Waals surface area contributed by atoms with Crippen LogP contribution in [0.25, 0.3) is 0 Å². The van der Waals surface area contributed by atoms with Gasteiger partial charge in [-0.1, -0.05) is 0 Å². The minimum atomic E-state index is -4.02.